The third-order valence-electron chi connectivity index (χ3n) is 3.91. The maximum absolute atomic E-state index is 11.6. The van der Waals surface area contributed by atoms with Gasteiger partial charge >= 0.3 is 0 Å². The Hall–Kier alpha value is -1.54. The first-order chi connectivity index (χ1) is 12.1. The minimum Gasteiger partial charge on any atom is -0.356 e. The number of rotatable bonds is 7. The molecular formula is C19H26ClIN4O. The Balaban J connectivity index is 0.00000338. The van der Waals surface area contributed by atoms with Crippen molar-refractivity contribution in [3.05, 3.63) is 69.6 Å². The van der Waals surface area contributed by atoms with Crippen molar-refractivity contribution in [2.75, 3.05) is 20.6 Å². The molecule has 0 fully saturated rings. The van der Waals surface area contributed by atoms with Crippen LogP contribution in [0.5, 0.6) is 0 Å². The molecule has 2 aromatic rings. The Morgan fingerprint density at radius 1 is 1.19 bits per heavy atom. The van der Waals surface area contributed by atoms with E-state index in [0.29, 0.717) is 0 Å². The number of nitrogens with zero attached hydrogens (tertiary/aromatic N) is 3. The summed E-state index contributed by atoms with van der Waals surface area (Å²) >= 11 is 5.92. The average Bonchev–Trinajstić information content (AvgIpc) is 2.61. The van der Waals surface area contributed by atoms with E-state index in [4.69, 9.17) is 11.6 Å². The fourth-order valence-corrected chi connectivity index (χ4v) is 2.70. The molecule has 0 saturated heterocycles. The van der Waals surface area contributed by atoms with Gasteiger partial charge in [-0.2, -0.15) is 0 Å². The number of unbranched alkanes of at least 4 members (excludes halogenated alkanes) is 1. The highest BCUT2D eigenvalue weighted by Crippen LogP contribution is 2.11. The van der Waals surface area contributed by atoms with Crippen molar-refractivity contribution < 1.29 is 0 Å². The van der Waals surface area contributed by atoms with E-state index in [1.54, 1.807) is 23.7 Å². The fourth-order valence-electron chi connectivity index (χ4n) is 2.58. The Morgan fingerprint density at radius 3 is 2.58 bits per heavy atom. The molecular weight excluding hydrogens is 463 g/mol. The van der Waals surface area contributed by atoms with E-state index in [1.807, 2.05) is 43.6 Å². The minimum atomic E-state index is 0. The Morgan fingerprint density at radius 2 is 1.92 bits per heavy atom. The smallest absolute Gasteiger partial charge is 0.250 e. The maximum Gasteiger partial charge on any atom is 0.250 e. The van der Waals surface area contributed by atoms with Crippen LogP contribution in [0.4, 0.5) is 0 Å². The molecule has 0 aliphatic heterocycles. The highest BCUT2D eigenvalue weighted by molar-refractivity contribution is 14.0. The molecule has 1 heterocycles. The van der Waals surface area contributed by atoms with Crippen molar-refractivity contribution in [3.8, 4) is 0 Å². The summed E-state index contributed by atoms with van der Waals surface area (Å²) in [6.45, 7) is 2.32. The summed E-state index contributed by atoms with van der Waals surface area (Å²) in [5, 5.41) is 4.11. The molecule has 0 aliphatic carbocycles. The van der Waals surface area contributed by atoms with Gasteiger partial charge in [-0.3, -0.25) is 9.79 Å². The Bertz CT molecular complexity index is 746. The van der Waals surface area contributed by atoms with Crippen LogP contribution in [-0.2, 0) is 13.1 Å². The lowest BCUT2D eigenvalue weighted by atomic mass is 10.2. The highest BCUT2D eigenvalue weighted by Gasteiger charge is 2.06. The van der Waals surface area contributed by atoms with Crippen LogP contribution in [0.2, 0.25) is 5.02 Å². The monoisotopic (exact) mass is 488 g/mol. The van der Waals surface area contributed by atoms with Gasteiger partial charge in [-0.25, -0.2) is 0 Å². The van der Waals surface area contributed by atoms with E-state index in [0.717, 1.165) is 43.5 Å². The molecule has 1 N–H and O–H groups in total. The summed E-state index contributed by atoms with van der Waals surface area (Å²) in [7, 11) is 3.79. The summed E-state index contributed by atoms with van der Waals surface area (Å²) in [5.74, 6) is 0.854. The SMILES string of the molecule is CN=C(NCCCCn1ccccc1=O)N(C)Cc1ccc(Cl)cc1.I. The average molecular weight is 489 g/mol. The second kappa shape index (κ2) is 12.0. The number of halogens is 2. The van der Waals surface area contributed by atoms with Gasteiger partial charge in [0.25, 0.3) is 0 Å². The molecule has 0 radical (unpaired) electrons. The molecule has 2 rings (SSSR count). The molecule has 0 spiro atoms. The molecule has 142 valence electrons. The number of benzene rings is 1. The van der Waals surface area contributed by atoms with Gasteiger partial charge in [-0.1, -0.05) is 29.8 Å². The van der Waals surface area contributed by atoms with Crippen molar-refractivity contribution in [2.24, 2.45) is 4.99 Å². The van der Waals surface area contributed by atoms with E-state index in [2.05, 4.69) is 15.2 Å². The summed E-state index contributed by atoms with van der Waals surface area (Å²) < 4.78 is 1.74. The van der Waals surface area contributed by atoms with Gasteiger partial charge in [-0.15, -0.1) is 24.0 Å². The first kappa shape index (κ1) is 22.5. The van der Waals surface area contributed by atoms with Crippen molar-refractivity contribution in [3.63, 3.8) is 0 Å². The van der Waals surface area contributed by atoms with Crippen LogP contribution in [-0.4, -0.2) is 36.1 Å². The van der Waals surface area contributed by atoms with E-state index >= 15 is 0 Å². The predicted molar refractivity (Wildman–Crippen MR) is 120 cm³/mol. The number of guanidine groups is 1. The first-order valence-electron chi connectivity index (χ1n) is 8.42. The third-order valence-corrected chi connectivity index (χ3v) is 4.17. The molecule has 0 saturated carbocycles. The van der Waals surface area contributed by atoms with Crippen LogP contribution >= 0.6 is 35.6 Å². The highest BCUT2D eigenvalue weighted by atomic mass is 127. The number of hydrogen-bond donors (Lipinski definition) is 1. The fraction of sp³-hybridized carbons (Fsp3) is 0.368. The molecule has 5 nitrogen and oxygen atoms in total. The van der Waals surface area contributed by atoms with Crippen LogP contribution in [0.1, 0.15) is 18.4 Å². The molecule has 0 unspecified atom stereocenters. The molecule has 0 amide bonds. The van der Waals surface area contributed by atoms with Gasteiger partial charge in [0.2, 0.25) is 5.56 Å². The van der Waals surface area contributed by atoms with E-state index in [-0.39, 0.29) is 29.5 Å². The molecule has 1 aromatic heterocycles. The number of aryl methyl sites for hydroxylation is 1. The van der Waals surface area contributed by atoms with E-state index < -0.39 is 0 Å². The van der Waals surface area contributed by atoms with Gasteiger partial charge in [0.1, 0.15) is 0 Å². The van der Waals surface area contributed by atoms with Gasteiger partial charge in [-0.05, 0) is 36.6 Å². The number of nitrogens with one attached hydrogen (secondary N) is 1. The number of aromatic nitrogens is 1. The van der Waals surface area contributed by atoms with Crippen LogP contribution in [0.25, 0.3) is 0 Å². The molecule has 1 aromatic carbocycles. The number of aliphatic imine (C=N–C) groups is 1. The molecule has 7 heteroatoms. The largest absolute Gasteiger partial charge is 0.356 e. The summed E-state index contributed by atoms with van der Waals surface area (Å²) in [6.07, 6.45) is 3.73. The van der Waals surface area contributed by atoms with Crippen molar-refractivity contribution in [2.45, 2.75) is 25.9 Å². The van der Waals surface area contributed by atoms with E-state index in [1.165, 1.54) is 5.56 Å². The third kappa shape index (κ3) is 7.37. The van der Waals surface area contributed by atoms with Crippen LogP contribution in [0, 0.1) is 0 Å². The standard InChI is InChI=1S/C19H25ClN4O.HI/c1-21-19(23(2)15-16-8-10-17(20)11-9-16)22-12-4-6-14-24-13-5-3-7-18(24)25;/h3,5,7-11,13H,4,6,12,14-15H2,1-2H3,(H,21,22);1H. The summed E-state index contributed by atoms with van der Waals surface area (Å²) in [6, 6.07) is 13.1. The first-order valence-corrected chi connectivity index (χ1v) is 8.79. The van der Waals surface area contributed by atoms with Crippen LogP contribution in [0.15, 0.2) is 58.4 Å². The quantitative estimate of drug-likeness (QED) is 0.280. The predicted octanol–water partition coefficient (Wildman–Crippen LogP) is 3.61. The molecule has 0 atom stereocenters. The topological polar surface area (TPSA) is 49.6 Å². The number of pyridine rings is 1. The zero-order valence-corrected chi connectivity index (χ0v) is 18.3. The zero-order chi connectivity index (χ0) is 18.1. The molecule has 0 aliphatic rings. The normalized spacial score (nSPS) is 11.0. The van der Waals surface area contributed by atoms with Crippen LogP contribution < -0.4 is 10.9 Å². The lowest BCUT2D eigenvalue weighted by Gasteiger charge is -2.22. The van der Waals surface area contributed by atoms with Gasteiger partial charge in [0.15, 0.2) is 5.96 Å². The van der Waals surface area contributed by atoms with Gasteiger partial charge < -0.3 is 14.8 Å². The Labute approximate surface area is 177 Å². The number of hydrogen-bond acceptors (Lipinski definition) is 2. The van der Waals surface area contributed by atoms with Gasteiger partial charge in [0, 0.05) is 51.0 Å². The second-order valence-corrected chi connectivity index (χ2v) is 6.33. The lowest BCUT2D eigenvalue weighted by Crippen LogP contribution is -2.38. The molecule has 26 heavy (non-hydrogen) atoms. The summed E-state index contributed by atoms with van der Waals surface area (Å²) in [5.41, 5.74) is 1.23. The summed E-state index contributed by atoms with van der Waals surface area (Å²) in [4.78, 5) is 18.0. The van der Waals surface area contributed by atoms with Crippen molar-refractivity contribution in [1.29, 1.82) is 0 Å². The Kier molecular flexibility index (Phi) is 10.3. The lowest BCUT2D eigenvalue weighted by molar-refractivity contribution is 0.473. The van der Waals surface area contributed by atoms with Crippen molar-refractivity contribution in [1.82, 2.24) is 14.8 Å². The van der Waals surface area contributed by atoms with Gasteiger partial charge in [0.05, 0.1) is 0 Å². The minimum absolute atomic E-state index is 0. The van der Waals surface area contributed by atoms with Crippen molar-refractivity contribution >= 4 is 41.5 Å². The maximum atomic E-state index is 11.6. The zero-order valence-electron chi connectivity index (χ0n) is 15.2. The van der Waals surface area contributed by atoms with E-state index in [9.17, 15) is 4.79 Å². The molecule has 0 bridgehead atoms. The second-order valence-electron chi connectivity index (χ2n) is 5.90. The van der Waals surface area contributed by atoms with Crippen LogP contribution in [0.3, 0.4) is 0 Å².